The number of hydrogen-bond donors (Lipinski definition) is 3. The van der Waals surface area contributed by atoms with Crippen molar-refractivity contribution in [1.29, 1.82) is 0 Å². The lowest BCUT2D eigenvalue weighted by molar-refractivity contribution is -0.0601. The van der Waals surface area contributed by atoms with Crippen molar-refractivity contribution >= 4 is 32.5 Å². The van der Waals surface area contributed by atoms with Gasteiger partial charge in [-0.1, -0.05) is 0 Å². The molecule has 3 aliphatic rings. The number of phosphoric ester groups is 2. The Labute approximate surface area is 199 Å². The predicted octanol–water partition coefficient (Wildman–Crippen LogP) is -0.513. The fourth-order valence-electron chi connectivity index (χ4n) is 4.27. The number of fused-ring (bicyclic) bond motifs is 5. The summed E-state index contributed by atoms with van der Waals surface area (Å²) in [5.41, 5.74) is 0.935. The number of imidazole rings is 1. The molecule has 3 aromatic rings. The van der Waals surface area contributed by atoms with Crippen LogP contribution in [0.25, 0.3) is 16.8 Å². The van der Waals surface area contributed by atoms with Crippen LogP contribution < -0.4 is 0 Å². The average molecular weight is 552 g/mol. The molecule has 0 aliphatic carbocycles. The standard InChI is InChI=1S/C16H19FN6O11P2/c17-7-1-29-8-2-30-36(27,28)34-13-9(3-31-35(25,26)33-12(7)8)32-16(11(13)24)22-5-19-10-14(22)20-6-23-15(10)18-4-21-23/h4-9,11-13,16,24H,1-3H2,(H,25,26)(H,27,28)/t7-,8+,9+,11+,12-,13+,16+/m0/s1. The number of rotatable bonds is 1. The van der Waals surface area contributed by atoms with Crippen molar-refractivity contribution in [2.45, 2.75) is 42.9 Å². The van der Waals surface area contributed by atoms with Crippen LogP contribution >= 0.6 is 15.6 Å². The van der Waals surface area contributed by atoms with Gasteiger partial charge in [0.2, 0.25) is 0 Å². The van der Waals surface area contributed by atoms with Crippen LogP contribution in [0, 0.1) is 0 Å². The molecule has 0 aromatic carbocycles. The lowest BCUT2D eigenvalue weighted by Gasteiger charge is -2.27. The Hall–Kier alpha value is -1.95. The highest BCUT2D eigenvalue weighted by atomic mass is 31.2. The van der Waals surface area contributed by atoms with E-state index >= 15 is 0 Å². The highest BCUT2D eigenvalue weighted by molar-refractivity contribution is 7.47. The number of aromatic nitrogens is 6. The Bertz CT molecular complexity index is 1390. The van der Waals surface area contributed by atoms with Gasteiger partial charge in [-0.05, 0) is 0 Å². The maximum absolute atomic E-state index is 14.2. The SMILES string of the molecule is O=P1(O)OC[C@H]2OC[C@H](F)[C@@H]2OP(=O)(O)OC[C@H]2O[C@@H](n3cnc4c3ncn3ncnc43)[C@H](O)[C@@H]2O1. The molecule has 2 unspecified atom stereocenters. The summed E-state index contributed by atoms with van der Waals surface area (Å²) in [6.45, 7) is -1.94. The van der Waals surface area contributed by atoms with Gasteiger partial charge in [-0.2, -0.15) is 5.10 Å². The maximum Gasteiger partial charge on any atom is 0.472 e. The molecule has 0 radical (unpaired) electrons. The number of hydrogen-bond acceptors (Lipinski definition) is 13. The Kier molecular flexibility index (Phi) is 5.97. The van der Waals surface area contributed by atoms with Crippen molar-refractivity contribution in [3.05, 3.63) is 19.0 Å². The van der Waals surface area contributed by atoms with E-state index in [-0.39, 0.29) is 5.65 Å². The van der Waals surface area contributed by atoms with Crippen LogP contribution in [0.4, 0.5) is 4.39 Å². The summed E-state index contributed by atoms with van der Waals surface area (Å²) in [5, 5.41) is 15.0. The summed E-state index contributed by atoms with van der Waals surface area (Å²) in [6.07, 6.45) is -6.60. The van der Waals surface area contributed by atoms with Crippen LogP contribution in [0.1, 0.15) is 6.23 Å². The molecule has 9 atom stereocenters. The van der Waals surface area contributed by atoms with Crippen LogP contribution in [0.3, 0.4) is 0 Å². The molecular weight excluding hydrogens is 533 g/mol. The van der Waals surface area contributed by atoms with Crippen molar-refractivity contribution < 1.29 is 56.0 Å². The van der Waals surface area contributed by atoms with Gasteiger partial charge in [-0.15, -0.1) is 0 Å². The van der Waals surface area contributed by atoms with Gasteiger partial charge in [-0.3, -0.25) is 22.7 Å². The lowest BCUT2D eigenvalue weighted by Crippen LogP contribution is -2.38. The molecule has 3 N–H and O–H groups in total. The second-order valence-corrected chi connectivity index (χ2v) is 11.0. The highest BCUT2D eigenvalue weighted by Gasteiger charge is 2.52. The number of aliphatic hydroxyl groups is 1. The number of aliphatic hydroxyl groups excluding tert-OH is 1. The van der Waals surface area contributed by atoms with Crippen LogP contribution in [0.5, 0.6) is 0 Å². The first-order chi connectivity index (χ1) is 17.1. The number of halogens is 1. The highest BCUT2D eigenvalue weighted by Crippen LogP contribution is 2.52. The van der Waals surface area contributed by atoms with Crippen molar-refractivity contribution in [2.24, 2.45) is 0 Å². The molecule has 20 heteroatoms. The zero-order valence-corrected chi connectivity index (χ0v) is 19.7. The first-order valence-electron chi connectivity index (χ1n) is 10.5. The van der Waals surface area contributed by atoms with E-state index in [1.54, 1.807) is 0 Å². The molecule has 3 saturated heterocycles. The first kappa shape index (κ1) is 24.4. The fraction of sp³-hybridized carbons (Fsp3) is 0.625. The number of nitrogens with zero attached hydrogens (tertiary/aromatic N) is 6. The minimum absolute atomic E-state index is 0.233. The van der Waals surface area contributed by atoms with E-state index in [1.807, 2.05) is 0 Å². The molecule has 196 valence electrons. The lowest BCUT2D eigenvalue weighted by atomic mass is 10.1. The quantitative estimate of drug-likeness (QED) is 0.324. The average Bonchev–Trinajstić information content (AvgIpc) is 3.58. The Balaban J connectivity index is 1.32. The van der Waals surface area contributed by atoms with Crippen molar-refractivity contribution in [3.8, 4) is 0 Å². The van der Waals surface area contributed by atoms with E-state index in [2.05, 4.69) is 20.1 Å². The van der Waals surface area contributed by atoms with Crippen LogP contribution in [-0.4, -0.2) is 101 Å². The second-order valence-electron chi connectivity index (χ2n) is 8.21. The molecule has 0 spiro atoms. The van der Waals surface area contributed by atoms with E-state index in [0.29, 0.717) is 11.2 Å². The molecule has 0 amide bonds. The third-order valence-corrected chi connectivity index (χ3v) is 7.90. The molecule has 6 rings (SSSR count). The molecule has 3 aliphatic heterocycles. The summed E-state index contributed by atoms with van der Waals surface area (Å²) < 4.78 is 72.9. The van der Waals surface area contributed by atoms with E-state index in [0.717, 1.165) is 0 Å². The predicted molar refractivity (Wildman–Crippen MR) is 110 cm³/mol. The van der Waals surface area contributed by atoms with Gasteiger partial charge < -0.3 is 24.4 Å². The monoisotopic (exact) mass is 552 g/mol. The van der Waals surface area contributed by atoms with Crippen LogP contribution in [0.2, 0.25) is 0 Å². The van der Waals surface area contributed by atoms with Gasteiger partial charge in [0.1, 0.15) is 43.2 Å². The summed E-state index contributed by atoms with van der Waals surface area (Å²) in [4.78, 5) is 32.9. The van der Waals surface area contributed by atoms with E-state index < -0.39 is 78.4 Å². The third kappa shape index (κ3) is 4.27. The topological polar surface area (TPSA) is 211 Å². The van der Waals surface area contributed by atoms with Gasteiger partial charge in [0, 0.05) is 0 Å². The van der Waals surface area contributed by atoms with Gasteiger partial charge in [0.15, 0.2) is 29.2 Å². The molecule has 0 saturated carbocycles. The first-order valence-corrected chi connectivity index (χ1v) is 13.5. The zero-order valence-electron chi connectivity index (χ0n) is 18.0. The van der Waals surface area contributed by atoms with Gasteiger partial charge >= 0.3 is 15.6 Å². The summed E-state index contributed by atoms with van der Waals surface area (Å²) in [6, 6.07) is 0. The van der Waals surface area contributed by atoms with Crippen LogP contribution in [-0.2, 0) is 36.7 Å². The van der Waals surface area contributed by atoms with E-state index in [9.17, 15) is 28.4 Å². The van der Waals surface area contributed by atoms with E-state index in [1.165, 1.54) is 28.1 Å². The smallest absolute Gasteiger partial charge is 0.386 e. The Morgan fingerprint density at radius 2 is 1.67 bits per heavy atom. The van der Waals surface area contributed by atoms with Crippen molar-refractivity contribution in [3.63, 3.8) is 0 Å². The zero-order chi connectivity index (χ0) is 25.2. The van der Waals surface area contributed by atoms with Gasteiger partial charge in [0.25, 0.3) is 0 Å². The molecule has 36 heavy (non-hydrogen) atoms. The molecular formula is C16H19FN6O11P2. The third-order valence-electron chi connectivity index (χ3n) is 5.93. The minimum Gasteiger partial charge on any atom is -0.386 e. The Morgan fingerprint density at radius 3 is 2.44 bits per heavy atom. The maximum atomic E-state index is 14.2. The largest absolute Gasteiger partial charge is 0.472 e. The molecule has 3 fully saturated rings. The van der Waals surface area contributed by atoms with E-state index in [4.69, 9.17) is 27.6 Å². The van der Waals surface area contributed by atoms with Gasteiger partial charge in [-0.25, -0.2) is 33.0 Å². The number of alkyl halides is 1. The van der Waals surface area contributed by atoms with Crippen LogP contribution in [0.15, 0.2) is 19.0 Å². The minimum atomic E-state index is -4.87. The normalized spacial score (nSPS) is 42.2. The summed E-state index contributed by atoms with van der Waals surface area (Å²) >= 11 is 0. The number of phosphoric acid groups is 2. The summed E-state index contributed by atoms with van der Waals surface area (Å²) in [5.74, 6) is 0. The van der Waals surface area contributed by atoms with Crippen molar-refractivity contribution in [2.75, 3.05) is 19.8 Å². The van der Waals surface area contributed by atoms with Gasteiger partial charge in [0.05, 0.1) is 26.1 Å². The Morgan fingerprint density at radius 1 is 0.944 bits per heavy atom. The second kappa shape index (κ2) is 8.82. The fourth-order valence-corrected chi connectivity index (χ4v) is 6.21. The molecule has 6 heterocycles. The molecule has 17 nitrogen and oxygen atoms in total. The van der Waals surface area contributed by atoms with Crippen molar-refractivity contribution in [1.82, 2.24) is 29.1 Å². The number of ether oxygens (including phenoxy) is 2. The molecule has 0 bridgehead atoms. The molecule has 3 aromatic heterocycles. The summed E-state index contributed by atoms with van der Waals surface area (Å²) in [7, 11) is -9.73.